The second kappa shape index (κ2) is 8.24. The molecule has 0 atom stereocenters. The summed E-state index contributed by atoms with van der Waals surface area (Å²) < 4.78 is 25.5. The zero-order chi connectivity index (χ0) is 19.5. The zero-order valence-corrected chi connectivity index (χ0v) is 17.4. The standard InChI is InChI=1S/C17H18BrN3O3S2/c1-3-10-8-14(25-12-6-4-11(18)5-7-12)15(26(2,23)24)9-13(10)16(22)21-17(19)20/h4-9H,3H2,1-2H3,(H4,19,20,21,22). The summed E-state index contributed by atoms with van der Waals surface area (Å²) in [5, 5.41) is 0. The minimum Gasteiger partial charge on any atom is -0.370 e. The molecule has 0 spiro atoms. The minimum atomic E-state index is -3.56. The number of nitrogens with two attached hydrogens (primary N) is 2. The molecule has 0 aromatic heterocycles. The van der Waals surface area contributed by atoms with Gasteiger partial charge in [-0.3, -0.25) is 4.79 Å². The molecule has 0 aliphatic heterocycles. The number of amides is 1. The third-order valence-electron chi connectivity index (χ3n) is 3.45. The topological polar surface area (TPSA) is 116 Å². The number of halogens is 1. The van der Waals surface area contributed by atoms with E-state index in [1.54, 1.807) is 6.07 Å². The number of nitrogens with zero attached hydrogens (tertiary/aromatic N) is 1. The molecule has 0 aliphatic rings. The second-order valence-electron chi connectivity index (χ2n) is 5.48. The molecule has 0 saturated carbocycles. The van der Waals surface area contributed by atoms with Crippen molar-refractivity contribution in [2.24, 2.45) is 16.5 Å². The quantitative estimate of drug-likeness (QED) is 0.528. The Bertz CT molecular complexity index is 967. The van der Waals surface area contributed by atoms with Crippen LogP contribution >= 0.6 is 27.7 Å². The third kappa shape index (κ3) is 5.09. The first kappa shape index (κ1) is 20.5. The van der Waals surface area contributed by atoms with Gasteiger partial charge in [0.25, 0.3) is 5.91 Å². The molecule has 1 amide bonds. The Morgan fingerprint density at radius 2 is 1.81 bits per heavy atom. The Morgan fingerprint density at radius 1 is 1.19 bits per heavy atom. The first-order chi connectivity index (χ1) is 12.1. The largest absolute Gasteiger partial charge is 0.370 e. The monoisotopic (exact) mass is 455 g/mol. The number of hydrogen-bond acceptors (Lipinski definition) is 4. The first-order valence-electron chi connectivity index (χ1n) is 7.56. The summed E-state index contributed by atoms with van der Waals surface area (Å²) in [7, 11) is -3.56. The highest BCUT2D eigenvalue weighted by atomic mass is 79.9. The Hall–Kier alpha value is -1.84. The summed E-state index contributed by atoms with van der Waals surface area (Å²) in [6, 6.07) is 10.6. The van der Waals surface area contributed by atoms with Gasteiger partial charge in [0.05, 0.1) is 4.90 Å². The molecule has 2 aromatic rings. The fourth-order valence-corrected chi connectivity index (χ4v) is 4.76. The van der Waals surface area contributed by atoms with Crippen LogP contribution < -0.4 is 11.5 Å². The lowest BCUT2D eigenvalue weighted by molar-refractivity contribution is 0.100. The maximum atomic E-state index is 12.3. The molecule has 0 saturated heterocycles. The van der Waals surface area contributed by atoms with Crippen molar-refractivity contribution in [1.29, 1.82) is 0 Å². The maximum absolute atomic E-state index is 12.3. The van der Waals surface area contributed by atoms with Crippen molar-refractivity contribution in [3.05, 3.63) is 52.0 Å². The molecule has 6 nitrogen and oxygen atoms in total. The van der Waals surface area contributed by atoms with Crippen LogP contribution in [0.15, 0.2) is 60.5 Å². The molecule has 0 radical (unpaired) electrons. The van der Waals surface area contributed by atoms with Gasteiger partial charge in [-0.2, -0.15) is 4.99 Å². The van der Waals surface area contributed by atoms with Crippen molar-refractivity contribution in [2.75, 3.05) is 6.26 Å². The van der Waals surface area contributed by atoms with Crippen LogP contribution in [0.25, 0.3) is 0 Å². The van der Waals surface area contributed by atoms with E-state index >= 15 is 0 Å². The SMILES string of the molecule is CCc1cc(Sc2ccc(Br)cc2)c(S(C)(=O)=O)cc1C(=O)N=C(N)N. The second-order valence-corrected chi connectivity index (χ2v) is 9.49. The van der Waals surface area contributed by atoms with Gasteiger partial charge in [-0.05, 0) is 48.4 Å². The van der Waals surface area contributed by atoms with Gasteiger partial charge in [-0.15, -0.1) is 0 Å². The molecule has 0 aliphatic carbocycles. The number of sulfone groups is 1. The lowest BCUT2D eigenvalue weighted by atomic mass is 10.0. The number of carbonyl (C=O) groups is 1. The van der Waals surface area contributed by atoms with Crippen molar-refractivity contribution in [3.63, 3.8) is 0 Å². The molecule has 0 heterocycles. The Kier molecular flexibility index (Phi) is 6.48. The number of guanidine groups is 1. The predicted octanol–water partition coefficient (Wildman–Crippen LogP) is 2.98. The Balaban J connectivity index is 2.62. The lowest BCUT2D eigenvalue weighted by Gasteiger charge is -2.13. The number of benzene rings is 2. The van der Waals surface area contributed by atoms with Gasteiger partial charge in [0.1, 0.15) is 0 Å². The molecule has 2 aromatic carbocycles. The summed E-state index contributed by atoms with van der Waals surface area (Å²) in [4.78, 5) is 17.3. The van der Waals surface area contributed by atoms with E-state index in [0.29, 0.717) is 16.9 Å². The van der Waals surface area contributed by atoms with Crippen LogP contribution in [0.3, 0.4) is 0 Å². The fourth-order valence-electron chi connectivity index (χ4n) is 2.27. The number of hydrogen-bond donors (Lipinski definition) is 2. The first-order valence-corrected chi connectivity index (χ1v) is 11.1. The van der Waals surface area contributed by atoms with Crippen LogP contribution in [-0.2, 0) is 16.3 Å². The Morgan fingerprint density at radius 3 is 2.31 bits per heavy atom. The number of rotatable bonds is 5. The molecule has 138 valence electrons. The zero-order valence-electron chi connectivity index (χ0n) is 14.2. The Labute approximate surface area is 165 Å². The average molecular weight is 456 g/mol. The summed E-state index contributed by atoms with van der Waals surface area (Å²) in [5.41, 5.74) is 11.4. The highest BCUT2D eigenvalue weighted by Gasteiger charge is 2.21. The van der Waals surface area contributed by atoms with Gasteiger partial charge in [-0.1, -0.05) is 34.6 Å². The molecular formula is C17H18BrN3O3S2. The summed E-state index contributed by atoms with van der Waals surface area (Å²) in [6.45, 7) is 1.87. The van der Waals surface area contributed by atoms with Gasteiger partial charge >= 0.3 is 0 Å². The summed E-state index contributed by atoms with van der Waals surface area (Å²) >= 11 is 4.69. The molecule has 0 unspecified atom stereocenters. The van der Waals surface area contributed by atoms with Crippen LogP contribution in [0.2, 0.25) is 0 Å². The summed E-state index contributed by atoms with van der Waals surface area (Å²) in [6.07, 6.45) is 1.63. The summed E-state index contributed by atoms with van der Waals surface area (Å²) in [5.74, 6) is -1.03. The van der Waals surface area contributed by atoms with E-state index in [2.05, 4.69) is 20.9 Å². The van der Waals surface area contributed by atoms with E-state index in [4.69, 9.17) is 11.5 Å². The highest BCUT2D eigenvalue weighted by molar-refractivity contribution is 9.10. The van der Waals surface area contributed by atoms with Gasteiger partial charge in [0, 0.05) is 26.1 Å². The van der Waals surface area contributed by atoms with Crippen molar-refractivity contribution >= 4 is 49.4 Å². The van der Waals surface area contributed by atoms with E-state index in [9.17, 15) is 13.2 Å². The van der Waals surface area contributed by atoms with Gasteiger partial charge < -0.3 is 11.5 Å². The van der Waals surface area contributed by atoms with Gasteiger partial charge in [0.2, 0.25) is 0 Å². The third-order valence-corrected chi connectivity index (χ3v) is 6.31. The number of carbonyl (C=O) groups excluding carboxylic acids is 1. The minimum absolute atomic E-state index is 0.0664. The molecule has 4 N–H and O–H groups in total. The molecule has 2 rings (SSSR count). The smallest absolute Gasteiger partial charge is 0.280 e. The van der Waals surface area contributed by atoms with E-state index in [0.717, 1.165) is 15.6 Å². The van der Waals surface area contributed by atoms with Crippen molar-refractivity contribution in [1.82, 2.24) is 0 Å². The van der Waals surface area contributed by atoms with Crippen LogP contribution in [0, 0.1) is 0 Å². The van der Waals surface area contributed by atoms with E-state index in [-0.39, 0.29) is 16.4 Å². The highest BCUT2D eigenvalue weighted by Crippen LogP contribution is 2.35. The molecule has 0 fully saturated rings. The molecule has 0 bridgehead atoms. The molecular weight excluding hydrogens is 438 g/mol. The van der Waals surface area contributed by atoms with E-state index in [1.165, 1.54) is 17.8 Å². The van der Waals surface area contributed by atoms with Crippen molar-refractivity contribution in [3.8, 4) is 0 Å². The fraction of sp³-hybridized carbons (Fsp3) is 0.176. The average Bonchev–Trinajstić information content (AvgIpc) is 2.54. The van der Waals surface area contributed by atoms with E-state index < -0.39 is 15.7 Å². The van der Waals surface area contributed by atoms with Crippen molar-refractivity contribution in [2.45, 2.75) is 28.0 Å². The molecule has 26 heavy (non-hydrogen) atoms. The van der Waals surface area contributed by atoms with Crippen LogP contribution in [0.1, 0.15) is 22.8 Å². The van der Waals surface area contributed by atoms with Gasteiger partial charge in [-0.25, -0.2) is 8.42 Å². The van der Waals surface area contributed by atoms with Crippen LogP contribution in [0.4, 0.5) is 0 Å². The van der Waals surface area contributed by atoms with E-state index in [1.807, 2.05) is 31.2 Å². The van der Waals surface area contributed by atoms with Crippen LogP contribution in [-0.4, -0.2) is 26.5 Å². The number of aliphatic imine (C=N–C) groups is 1. The number of aryl methyl sites for hydroxylation is 1. The maximum Gasteiger partial charge on any atom is 0.280 e. The van der Waals surface area contributed by atoms with Crippen LogP contribution in [0.5, 0.6) is 0 Å². The lowest BCUT2D eigenvalue weighted by Crippen LogP contribution is -2.24. The van der Waals surface area contributed by atoms with Crippen molar-refractivity contribution < 1.29 is 13.2 Å². The predicted molar refractivity (Wildman–Crippen MR) is 107 cm³/mol. The van der Waals surface area contributed by atoms with Gasteiger partial charge in [0.15, 0.2) is 15.8 Å². The molecule has 9 heteroatoms. The normalized spacial score (nSPS) is 11.2.